The summed E-state index contributed by atoms with van der Waals surface area (Å²) in [6.07, 6.45) is 59.7. The third kappa shape index (κ3) is 30.7. The fourth-order valence-electron chi connectivity index (χ4n) is 8.14. The molecule has 1 rings (SSSR count). The number of aromatic nitrogens is 1. The van der Waals surface area contributed by atoms with Crippen LogP contribution in [-0.4, -0.2) is 0 Å². The third-order valence-electron chi connectivity index (χ3n) is 11.6. The Morgan fingerprint density at radius 2 is 0.600 bits per heavy atom. The maximum Gasteiger partial charge on any atom is 0.184 e. The molecule has 0 saturated carbocycles. The second kappa shape index (κ2) is 39.4. The normalized spacial score (nSPS) is 11.6. The predicted octanol–water partition coefficient (Wildman–Crippen LogP) is 16.9. The van der Waals surface area contributed by atoms with Crippen molar-refractivity contribution in [2.24, 2.45) is 0 Å². The van der Waals surface area contributed by atoms with Crippen LogP contribution < -0.4 is 4.57 Å². The maximum absolute atomic E-state index is 2.69. The van der Waals surface area contributed by atoms with Gasteiger partial charge in [-0.05, 0) is 31.7 Å². The summed E-state index contributed by atoms with van der Waals surface area (Å²) in [4.78, 5) is 0. The van der Waals surface area contributed by atoms with E-state index in [0.29, 0.717) is 0 Å². The number of hydrogen-bond donors (Lipinski definition) is 0. The number of pyridine rings is 1. The molecule has 50 heavy (non-hydrogen) atoms. The van der Waals surface area contributed by atoms with Gasteiger partial charge in [0.05, 0.1) is 0 Å². The van der Waals surface area contributed by atoms with Crippen molar-refractivity contribution in [3.05, 3.63) is 29.6 Å². The van der Waals surface area contributed by atoms with Gasteiger partial charge < -0.3 is 0 Å². The van der Waals surface area contributed by atoms with E-state index in [9.17, 15) is 0 Å². The number of rotatable bonds is 41. The van der Waals surface area contributed by atoms with Crippen LogP contribution >= 0.6 is 0 Å². The quantitative estimate of drug-likeness (QED) is 0.0474. The molecule has 0 saturated heterocycles. The second-order valence-electron chi connectivity index (χ2n) is 16.5. The summed E-state index contributed by atoms with van der Waals surface area (Å²) >= 11 is 0. The van der Waals surface area contributed by atoms with Crippen molar-refractivity contribution in [1.82, 2.24) is 0 Å². The van der Waals surface area contributed by atoms with E-state index in [1.54, 1.807) is 11.3 Å². The van der Waals surface area contributed by atoms with E-state index in [1.165, 1.54) is 263 Å². The smallest absolute Gasteiger partial charge is 0.184 e. The van der Waals surface area contributed by atoms with Gasteiger partial charge in [0.2, 0.25) is 0 Å². The van der Waals surface area contributed by atoms with Gasteiger partial charge in [0.15, 0.2) is 11.9 Å². The van der Waals surface area contributed by atoms with Gasteiger partial charge in [-0.15, -0.1) is 0 Å². The molecule has 1 heterocycles. The number of unbranched alkanes of at least 4 members (excludes halogenated alkanes) is 35. The second-order valence-corrected chi connectivity index (χ2v) is 16.5. The lowest BCUT2D eigenvalue weighted by Gasteiger charge is -2.11. The van der Waals surface area contributed by atoms with Crippen LogP contribution in [0.2, 0.25) is 0 Å². The van der Waals surface area contributed by atoms with Crippen LogP contribution in [0.4, 0.5) is 0 Å². The average molecular weight is 697 g/mol. The Bertz CT molecular complexity index is 783. The lowest BCUT2D eigenvalue weighted by atomic mass is 9.99. The molecule has 0 bridgehead atoms. The predicted molar refractivity (Wildman–Crippen MR) is 227 cm³/mol. The van der Waals surface area contributed by atoms with E-state index in [-0.39, 0.29) is 0 Å². The number of nitrogens with zero attached hydrogens (tertiary/aromatic N) is 1. The Kier molecular flexibility index (Phi) is 37.1. The Morgan fingerprint density at radius 3 is 0.940 bits per heavy atom. The minimum Gasteiger partial charge on any atom is -0.202 e. The first-order valence-corrected chi connectivity index (χ1v) is 23.8. The fourth-order valence-corrected chi connectivity index (χ4v) is 8.14. The Balaban J connectivity index is 2.32. The largest absolute Gasteiger partial charge is 0.202 e. The zero-order chi connectivity index (χ0) is 35.8. The lowest BCUT2D eigenvalue weighted by Crippen LogP contribution is -2.39. The van der Waals surface area contributed by atoms with Gasteiger partial charge in [-0.3, -0.25) is 0 Å². The summed E-state index contributed by atoms with van der Waals surface area (Å²) in [5.74, 6) is 0. The maximum atomic E-state index is 2.69. The van der Waals surface area contributed by atoms with Gasteiger partial charge >= 0.3 is 0 Å². The van der Waals surface area contributed by atoms with Crippen molar-refractivity contribution in [1.29, 1.82) is 0 Å². The molecule has 0 fully saturated rings. The molecule has 0 aliphatic heterocycles. The topological polar surface area (TPSA) is 3.88 Å². The number of aryl methyl sites for hydroxylation is 2. The SMILES string of the molecule is CCCCCCCCCCCCCCCCCC[n+]1cccc(CCCCCCCCCCCCC)c1CCCCCCCCCCCCC. The Hall–Kier alpha value is -0.850. The van der Waals surface area contributed by atoms with Gasteiger partial charge in [-0.25, -0.2) is 4.57 Å². The Labute approximate surface area is 317 Å². The van der Waals surface area contributed by atoms with Crippen molar-refractivity contribution in [2.75, 3.05) is 0 Å². The molecule has 0 unspecified atom stereocenters. The van der Waals surface area contributed by atoms with Crippen molar-refractivity contribution in [3.63, 3.8) is 0 Å². The molecule has 0 radical (unpaired) electrons. The molecule has 0 spiro atoms. The highest BCUT2D eigenvalue weighted by Crippen LogP contribution is 2.18. The zero-order valence-electron chi connectivity index (χ0n) is 35.2. The van der Waals surface area contributed by atoms with E-state index >= 15 is 0 Å². The van der Waals surface area contributed by atoms with Crippen LogP contribution in [0.5, 0.6) is 0 Å². The molecule has 1 aromatic rings. The minimum absolute atomic E-state index is 1.23. The molecular formula is C49H94N+. The summed E-state index contributed by atoms with van der Waals surface area (Å²) in [5.41, 5.74) is 3.36. The summed E-state index contributed by atoms with van der Waals surface area (Å²) < 4.78 is 2.69. The molecule has 0 aliphatic carbocycles. The summed E-state index contributed by atoms with van der Waals surface area (Å²) in [6, 6.07) is 4.85. The van der Waals surface area contributed by atoms with E-state index in [2.05, 4.69) is 43.7 Å². The van der Waals surface area contributed by atoms with Crippen LogP contribution in [0.3, 0.4) is 0 Å². The van der Waals surface area contributed by atoms with Crippen LogP contribution in [0.15, 0.2) is 18.3 Å². The highest BCUT2D eigenvalue weighted by atomic mass is 15.0. The van der Waals surface area contributed by atoms with Crippen molar-refractivity contribution < 1.29 is 4.57 Å². The fraction of sp³-hybridized carbons (Fsp3) is 0.898. The zero-order valence-corrected chi connectivity index (χ0v) is 35.2. The van der Waals surface area contributed by atoms with Crippen molar-refractivity contribution in [3.8, 4) is 0 Å². The van der Waals surface area contributed by atoms with Crippen LogP contribution in [0.25, 0.3) is 0 Å². The molecule has 0 amide bonds. The van der Waals surface area contributed by atoms with E-state index in [4.69, 9.17) is 0 Å². The average Bonchev–Trinajstić information content (AvgIpc) is 3.13. The molecule has 1 heteroatoms. The molecular weight excluding hydrogens is 603 g/mol. The molecule has 1 nitrogen and oxygen atoms in total. The van der Waals surface area contributed by atoms with E-state index in [0.717, 1.165) is 0 Å². The van der Waals surface area contributed by atoms with Gasteiger partial charge in [0, 0.05) is 24.5 Å². The van der Waals surface area contributed by atoms with E-state index in [1.807, 2.05) is 0 Å². The molecule has 1 aromatic heterocycles. The van der Waals surface area contributed by atoms with Gasteiger partial charge in [0.1, 0.15) is 6.54 Å². The van der Waals surface area contributed by atoms with Crippen LogP contribution in [-0.2, 0) is 19.4 Å². The van der Waals surface area contributed by atoms with Crippen molar-refractivity contribution >= 4 is 0 Å². The molecule has 0 aliphatic rings. The Morgan fingerprint density at radius 1 is 0.320 bits per heavy atom. The van der Waals surface area contributed by atoms with Gasteiger partial charge in [-0.1, -0.05) is 239 Å². The number of hydrogen-bond acceptors (Lipinski definition) is 0. The van der Waals surface area contributed by atoms with Crippen LogP contribution in [0, 0.1) is 0 Å². The lowest BCUT2D eigenvalue weighted by molar-refractivity contribution is -0.705. The minimum atomic E-state index is 1.23. The monoisotopic (exact) mass is 697 g/mol. The van der Waals surface area contributed by atoms with Gasteiger partial charge in [-0.2, -0.15) is 0 Å². The first-order valence-electron chi connectivity index (χ1n) is 23.8. The molecule has 0 N–H and O–H groups in total. The van der Waals surface area contributed by atoms with Crippen LogP contribution in [0.1, 0.15) is 276 Å². The first kappa shape index (κ1) is 47.2. The standard InChI is InChI=1S/C49H94N/c1-4-7-10-13-16-19-22-23-24-25-26-29-32-35-38-41-46-50-47-42-44-48(43-39-36-33-30-27-20-17-14-11-8-5-2)49(50)45-40-37-34-31-28-21-18-15-12-9-6-3/h42,44,47H,4-41,43,45-46H2,1-3H3/q+1. The summed E-state index contributed by atoms with van der Waals surface area (Å²) in [6.45, 7) is 8.19. The summed E-state index contributed by atoms with van der Waals surface area (Å²) in [7, 11) is 0. The third-order valence-corrected chi connectivity index (χ3v) is 11.6. The highest BCUT2D eigenvalue weighted by molar-refractivity contribution is 5.16. The van der Waals surface area contributed by atoms with Crippen molar-refractivity contribution in [2.45, 2.75) is 284 Å². The summed E-state index contributed by atoms with van der Waals surface area (Å²) in [5, 5.41) is 0. The highest BCUT2D eigenvalue weighted by Gasteiger charge is 2.15. The van der Waals surface area contributed by atoms with Gasteiger partial charge in [0.25, 0.3) is 0 Å². The molecule has 294 valence electrons. The molecule has 0 atom stereocenters. The first-order chi connectivity index (χ1) is 24.8. The van der Waals surface area contributed by atoms with E-state index < -0.39 is 0 Å². The molecule has 0 aromatic carbocycles.